The lowest BCUT2D eigenvalue weighted by Crippen LogP contribution is -2.17. The second-order valence-corrected chi connectivity index (χ2v) is 16.8. The highest BCUT2D eigenvalue weighted by molar-refractivity contribution is 5.73. The van der Waals surface area contributed by atoms with Crippen LogP contribution in [0.2, 0.25) is 0 Å². The molecule has 0 heterocycles. The fourth-order valence-corrected chi connectivity index (χ4v) is 9.48. The van der Waals surface area contributed by atoms with Crippen LogP contribution in [0.4, 0.5) is 0 Å². The molecule has 0 amide bonds. The largest absolute Gasteiger partial charge is 0.373 e. The lowest BCUT2D eigenvalue weighted by Gasteiger charge is -2.31. The predicted octanol–water partition coefficient (Wildman–Crippen LogP) is 15.0. The maximum Gasteiger partial charge on any atom is 0.0991 e. The molecule has 296 valence electrons. The smallest absolute Gasteiger partial charge is 0.0991 e. The third kappa shape index (κ3) is 12.2. The quantitative estimate of drug-likeness (QED) is 0.0950. The van der Waals surface area contributed by atoms with Crippen LogP contribution in [-0.4, -0.2) is 13.2 Å². The zero-order valence-corrected chi connectivity index (χ0v) is 34.7. The number of ether oxygens (including phenoxy) is 1. The van der Waals surface area contributed by atoms with Gasteiger partial charge in [0, 0.05) is 0 Å². The Balaban J connectivity index is 1.17. The average Bonchev–Trinajstić information content (AvgIpc) is 3.27. The van der Waals surface area contributed by atoms with E-state index in [9.17, 15) is 10.5 Å². The van der Waals surface area contributed by atoms with Crippen LogP contribution in [-0.2, 0) is 4.74 Å². The van der Waals surface area contributed by atoms with E-state index in [0.717, 1.165) is 23.0 Å². The molecule has 0 bridgehead atoms. The second-order valence-electron chi connectivity index (χ2n) is 16.8. The molecule has 2 aliphatic carbocycles. The Labute approximate surface area is 344 Å². The monoisotopic (exact) mass is 757 g/mol. The van der Waals surface area contributed by atoms with Crippen LogP contribution in [0.3, 0.4) is 0 Å². The molecule has 0 N–H and O–H groups in total. The van der Waals surface area contributed by atoms with Crippen molar-refractivity contribution >= 4 is 11.1 Å². The molecule has 2 aliphatic rings. The van der Waals surface area contributed by atoms with Crippen LogP contribution in [0.1, 0.15) is 139 Å². The van der Waals surface area contributed by atoms with Crippen LogP contribution in [0.25, 0.3) is 33.4 Å². The van der Waals surface area contributed by atoms with Gasteiger partial charge in [-0.05, 0) is 144 Å². The van der Waals surface area contributed by atoms with Gasteiger partial charge in [0.05, 0.1) is 36.5 Å². The zero-order chi connectivity index (χ0) is 39.7. The molecule has 0 spiro atoms. The van der Waals surface area contributed by atoms with Gasteiger partial charge in [-0.3, -0.25) is 0 Å². The standard InChI is InChI=1S/C54H64N2O/c1-3-5-7-9-41-11-23-49(24-12-41)53(51-31-27-47(28-32-51)45-19-15-43(39-55)16-20-45)35-37-57-38-36-54(50-25-13-42(14-26-50)10-8-6-4-2)52-33-29-48(30-34-52)46-21-17-44(40-56)18-22-46/h15-22,27-36,41-42,49-50H,3-14,23-26,37-38H2,1-2H3/t41-,42-,49-,50-. The van der Waals surface area contributed by atoms with Gasteiger partial charge in [0.1, 0.15) is 0 Å². The summed E-state index contributed by atoms with van der Waals surface area (Å²) >= 11 is 0. The molecule has 3 heteroatoms. The van der Waals surface area contributed by atoms with E-state index in [1.165, 1.54) is 136 Å². The molecule has 0 radical (unpaired) electrons. The molecule has 4 aromatic carbocycles. The molecule has 6 rings (SSSR count). The van der Waals surface area contributed by atoms with Crippen molar-refractivity contribution in [2.75, 3.05) is 13.2 Å². The fourth-order valence-electron chi connectivity index (χ4n) is 9.48. The molecule has 2 fully saturated rings. The topological polar surface area (TPSA) is 56.8 Å². The van der Waals surface area contributed by atoms with Gasteiger partial charge in [0.25, 0.3) is 0 Å². The van der Waals surface area contributed by atoms with Crippen LogP contribution in [0, 0.1) is 46.3 Å². The summed E-state index contributed by atoms with van der Waals surface area (Å²) in [6.45, 7) is 5.82. The number of hydrogen-bond donors (Lipinski definition) is 0. The molecular formula is C54H64N2O. The Morgan fingerprint density at radius 1 is 0.491 bits per heavy atom. The molecule has 0 saturated heterocycles. The van der Waals surface area contributed by atoms with Gasteiger partial charge in [-0.1, -0.05) is 150 Å². The summed E-state index contributed by atoms with van der Waals surface area (Å²) in [6, 6.07) is 38.4. The number of hydrogen-bond acceptors (Lipinski definition) is 3. The van der Waals surface area contributed by atoms with E-state index in [-0.39, 0.29) is 0 Å². The van der Waals surface area contributed by atoms with Crippen molar-refractivity contribution in [3.8, 4) is 34.4 Å². The van der Waals surface area contributed by atoms with Crippen molar-refractivity contribution in [2.24, 2.45) is 23.7 Å². The third-order valence-corrected chi connectivity index (χ3v) is 13.0. The Kier molecular flexibility index (Phi) is 16.4. The molecule has 0 aliphatic heterocycles. The molecule has 3 nitrogen and oxygen atoms in total. The Bertz CT molecular complexity index is 1790. The molecule has 2 saturated carbocycles. The van der Waals surface area contributed by atoms with Gasteiger partial charge >= 0.3 is 0 Å². The minimum Gasteiger partial charge on any atom is -0.373 e. The maximum atomic E-state index is 9.25. The van der Waals surface area contributed by atoms with Gasteiger partial charge in [0.2, 0.25) is 0 Å². The van der Waals surface area contributed by atoms with E-state index < -0.39 is 0 Å². The summed E-state index contributed by atoms with van der Waals surface area (Å²) in [5, 5.41) is 18.5. The second kappa shape index (κ2) is 22.3. The third-order valence-electron chi connectivity index (χ3n) is 13.0. The zero-order valence-electron chi connectivity index (χ0n) is 34.7. The number of benzene rings is 4. The fraction of sp³-hybridized carbons (Fsp3) is 0.444. The average molecular weight is 757 g/mol. The summed E-state index contributed by atoms with van der Waals surface area (Å²) < 4.78 is 6.52. The van der Waals surface area contributed by atoms with Gasteiger partial charge in [0.15, 0.2) is 0 Å². The summed E-state index contributed by atoms with van der Waals surface area (Å²) in [7, 11) is 0. The van der Waals surface area contributed by atoms with Crippen LogP contribution in [0.5, 0.6) is 0 Å². The summed E-state index contributed by atoms with van der Waals surface area (Å²) in [4.78, 5) is 0. The van der Waals surface area contributed by atoms with E-state index in [1.54, 1.807) is 0 Å². The van der Waals surface area contributed by atoms with Crippen LogP contribution < -0.4 is 0 Å². The minimum absolute atomic E-state index is 0.560. The lowest BCUT2D eigenvalue weighted by atomic mass is 9.75. The van der Waals surface area contributed by atoms with Crippen molar-refractivity contribution in [1.82, 2.24) is 0 Å². The van der Waals surface area contributed by atoms with E-state index >= 15 is 0 Å². The van der Waals surface area contributed by atoms with Crippen LogP contribution >= 0.6 is 0 Å². The molecule has 0 aromatic heterocycles. The number of allylic oxidation sites excluding steroid dienone is 2. The van der Waals surface area contributed by atoms with Crippen LogP contribution in [0.15, 0.2) is 109 Å². The first-order valence-electron chi connectivity index (χ1n) is 22.3. The molecule has 0 atom stereocenters. The summed E-state index contributed by atoms with van der Waals surface area (Å²) in [5.41, 5.74) is 11.5. The highest BCUT2D eigenvalue weighted by atomic mass is 16.5. The maximum absolute atomic E-state index is 9.25. The first-order chi connectivity index (χ1) is 28.1. The van der Waals surface area contributed by atoms with E-state index in [1.807, 2.05) is 48.5 Å². The van der Waals surface area contributed by atoms with Gasteiger partial charge < -0.3 is 4.74 Å². The molecule has 0 unspecified atom stereocenters. The lowest BCUT2D eigenvalue weighted by molar-refractivity contribution is 0.193. The van der Waals surface area contributed by atoms with Crippen molar-refractivity contribution in [3.05, 3.63) is 131 Å². The van der Waals surface area contributed by atoms with Crippen molar-refractivity contribution in [1.29, 1.82) is 10.5 Å². The number of rotatable bonds is 18. The summed E-state index contributed by atoms with van der Waals surface area (Å²) in [6.07, 6.45) is 25.9. The summed E-state index contributed by atoms with van der Waals surface area (Å²) in [5.74, 6) is 2.87. The molecule has 4 aromatic rings. The predicted molar refractivity (Wildman–Crippen MR) is 239 cm³/mol. The Morgan fingerprint density at radius 2 is 0.825 bits per heavy atom. The first-order valence-corrected chi connectivity index (χ1v) is 22.3. The van der Waals surface area contributed by atoms with E-state index in [2.05, 4.69) is 86.7 Å². The van der Waals surface area contributed by atoms with E-state index in [4.69, 9.17) is 4.74 Å². The molecule has 57 heavy (non-hydrogen) atoms. The Hall–Kier alpha value is -4.70. The minimum atomic E-state index is 0.560. The SMILES string of the molecule is CCCCC[C@H]1CC[C@H](C(=CCOCC=C(c2ccc(-c3ccc(C#N)cc3)cc2)[C@H]2CC[C@H](CCCCC)CC2)c2ccc(-c3ccc(C#N)cc3)cc2)CC1. The highest BCUT2D eigenvalue weighted by Gasteiger charge is 2.26. The van der Waals surface area contributed by atoms with Crippen molar-refractivity contribution in [3.63, 3.8) is 0 Å². The number of nitriles is 2. The first kappa shape index (κ1) is 41.9. The Morgan fingerprint density at radius 3 is 1.14 bits per heavy atom. The highest BCUT2D eigenvalue weighted by Crippen LogP contribution is 2.41. The normalized spacial score (nSPS) is 20.1. The van der Waals surface area contributed by atoms with E-state index in [0.29, 0.717) is 36.2 Å². The number of unbranched alkanes of at least 4 members (excludes halogenated alkanes) is 4. The van der Waals surface area contributed by atoms with Gasteiger partial charge in [-0.2, -0.15) is 10.5 Å². The molecular weight excluding hydrogens is 693 g/mol. The number of nitrogens with zero attached hydrogens (tertiary/aromatic N) is 2. The van der Waals surface area contributed by atoms with Crippen molar-refractivity contribution < 1.29 is 4.74 Å². The van der Waals surface area contributed by atoms with Gasteiger partial charge in [-0.15, -0.1) is 0 Å². The van der Waals surface area contributed by atoms with Gasteiger partial charge in [-0.25, -0.2) is 0 Å². The van der Waals surface area contributed by atoms with Crippen molar-refractivity contribution in [2.45, 2.75) is 117 Å².